The van der Waals surface area contributed by atoms with Gasteiger partial charge in [-0.3, -0.25) is 4.79 Å². The zero-order valence-electron chi connectivity index (χ0n) is 18.6. The molecule has 8 heteroatoms. The molecular weight excluding hydrogens is 526 g/mol. The monoisotopic (exact) mass is 545 g/mol. The second kappa shape index (κ2) is 10.3. The van der Waals surface area contributed by atoms with Gasteiger partial charge < -0.3 is 10.6 Å². The summed E-state index contributed by atoms with van der Waals surface area (Å²) in [5.41, 5.74) is 5.05. The van der Waals surface area contributed by atoms with E-state index in [-0.39, 0.29) is 5.91 Å². The molecule has 2 heterocycles. The number of nitrogens with one attached hydrogen (secondary N) is 2. The molecule has 35 heavy (non-hydrogen) atoms. The number of fused-ring (bicyclic) bond motifs is 1. The van der Waals surface area contributed by atoms with Crippen LogP contribution in [0.1, 0.15) is 10.4 Å². The zero-order chi connectivity index (χ0) is 24.2. The van der Waals surface area contributed by atoms with Gasteiger partial charge in [0.15, 0.2) is 5.65 Å². The normalized spacial score (nSPS) is 10.9. The van der Waals surface area contributed by atoms with Crippen LogP contribution < -0.4 is 10.6 Å². The van der Waals surface area contributed by atoms with Gasteiger partial charge in [0.25, 0.3) is 5.91 Å². The van der Waals surface area contributed by atoms with Crippen molar-refractivity contribution in [3.8, 4) is 22.4 Å². The minimum atomic E-state index is -0.120. The predicted octanol–water partition coefficient (Wildman–Crippen LogP) is 6.32. The van der Waals surface area contributed by atoms with Crippen molar-refractivity contribution in [2.24, 2.45) is 0 Å². The zero-order valence-corrected chi connectivity index (χ0v) is 20.9. The molecule has 1 amide bonds. The fraction of sp³-hybridized carbons (Fsp3) is 0.0741. The lowest BCUT2D eigenvalue weighted by Crippen LogP contribution is -2.29. The highest BCUT2D eigenvalue weighted by molar-refractivity contribution is 9.10. The van der Waals surface area contributed by atoms with E-state index < -0.39 is 0 Å². The molecule has 0 aliphatic carbocycles. The van der Waals surface area contributed by atoms with Gasteiger partial charge >= 0.3 is 0 Å². The number of hydrogen-bond acceptors (Lipinski definition) is 4. The van der Waals surface area contributed by atoms with Crippen LogP contribution in [0.5, 0.6) is 0 Å². The van der Waals surface area contributed by atoms with Crippen molar-refractivity contribution >= 4 is 44.9 Å². The van der Waals surface area contributed by atoms with Crippen LogP contribution >= 0.6 is 27.5 Å². The average Bonchev–Trinajstić information content (AvgIpc) is 3.28. The second-order valence-corrected chi connectivity index (χ2v) is 9.12. The van der Waals surface area contributed by atoms with Crippen LogP contribution in [0.4, 0.5) is 5.82 Å². The van der Waals surface area contributed by atoms with Gasteiger partial charge in [-0.1, -0.05) is 72.3 Å². The van der Waals surface area contributed by atoms with Crippen molar-refractivity contribution in [2.75, 3.05) is 18.4 Å². The van der Waals surface area contributed by atoms with Gasteiger partial charge in [0.05, 0.1) is 16.4 Å². The molecule has 2 aromatic heterocycles. The summed E-state index contributed by atoms with van der Waals surface area (Å²) in [7, 11) is 0. The number of nitrogens with zero attached hydrogens (tertiary/aromatic N) is 3. The molecule has 0 spiro atoms. The van der Waals surface area contributed by atoms with Crippen LogP contribution in [0.3, 0.4) is 0 Å². The summed E-state index contributed by atoms with van der Waals surface area (Å²) in [4.78, 5) is 17.3. The molecule has 5 rings (SSSR count). The molecule has 0 aliphatic rings. The molecule has 0 radical (unpaired) electrons. The number of hydrogen-bond donors (Lipinski definition) is 2. The first kappa shape index (κ1) is 23.1. The van der Waals surface area contributed by atoms with Gasteiger partial charge in [-0.05, 0) is 45.3 Å². The molecule has 0 saturated heterocycles. The summed E-state index contributed by atoms with van der Waals surface area (Å²) >= 11 is 9.91. The number of carbonyl (C=O) groups is 1. The van der Waals surface area contributed by atoms with E-state index in [0.29, 0.717) is 29.3 Å². The number of rotatable bonds is 7. The molecule has 0 atom stereocenters. The second-order valence-electron chi connectivity index (χ2n) is 7.86. The van der Waals surface area contributed by atoms with Crippen LogP contribution in [0.25, 0.3) is 28.0 Å². The van der Waals surface area contributed by atoms with Crippen molar-refractivity contribution in [3.05, 3.63) is 106 Å². The lowest BCUT2D eigenvalue weighted by atomic mass is 10.0. The van der Waals surface area contributed by atoms with E-state index in [1.54, 1.807) is 10.7 Å². The van der Waals surface area contributed by atoms with Crippen molar-refractivity contribution in [1.82, 2.24) is 19.9 Å². The van der Waals surface area contributed by atoms with Crippen LogP contribution in [-0.2, 0) is 0 Å². The fourth-order valence-electron chi connectivity index (χ4n) is 3.78. The molecule has 5 aromatic rings. The number of benzene rings is 3. The van der Waals surface area contributed by atoms with Crippen LogP contribution in [-0.4, -0.2) is 33.6 Å². The smallest absolute Gasteiger partial charge is 0.251 e. The predicted molar refractivity (Wildman–Crippen MR) is 144 cm³/mol. The minimum absolute atomic E-state index is 0.120. The number of aromatic nitrogens is 3. The summed E-state index contributed by atoms with van der Waals surface area (Å²) in [5, 5.41) is 11.3. The first-order chi connectivity index (χ1) is 17.1. The van der Waals surface area contributed by atoms with E-state index in [0.717, 1.165) is 32.7 Å². The Hall–Kier alpha value is -3.68. The summed E-state index contributed by atoms with van der Waals surface area (Å²) in [5.74, 6) is 0.627. The van der Waals surface area contributed by atoms with E-state index in [2.05, 4.69) is 31.7 Å². The maximum absolute atomic E-state index is 12.6. The summed E-state index contributed by atoms with van der Waals surface area (Å²) in [6.45, 7) is 0.944. The molecule has 0 saturated carbocycles. The third-order valence-corrected chi connectivity index (χ3v) is 6.44. The molecular formula is C27H21BrClN5O. The van der Waals surface area contributed by atoms with Crippen molar-refractivity contribution in [1.29, 1.82) is 0 Å². The first-order valence-electron chi connectivity index (χ1n) is 11.1. The number of amides is 1. The Morgan fingerprint density at radius 2 is 1.63 bits per heavy atom. The molecule has 6 nitrogen and oxygen atoms in total. The maximum atomic E-state index is 12.6. The highest BCUT2D eigenvalue weighted by Crippen LogP contribution is 2.30. The Kier molecular flexibility index (Phi) is 6.79. The van der Waals surface area contributed by atoms with E-state index >= 15 is 0 Å². The van der Waals surface area contributed by atoms with Crippen LogP contribution in [0.15, 0.2) is 95.6 Å². The SMILES string of the molecule is O=C(NCCNc1cc(-c2ccccc2Cl)nc2c(Br)cnn12)c1ccc(-c2ccccc2)cc1. The Balaban J connectivity index is 1.25. The van der Waals surface area contributed by atoms with Crippen molar-refractivity contribution in [2.45, 2.75) is 0 Å². The fourth-order valence-corrected chi connectivity index (χ4v) is 4.36. The quantitative estimate of drug-likeness (QED) is 0.234. The Labute approximate surface area is 216 Å². The standard InChI is InChI=1S/C27H21BrClN5O/c28-22-17-32-34-25(16-24(33-26(22)34)21-8-4-5-9-23(21)29)30-14-15-31-27(35)20-12-10-19(11-13-20)18-6-2-1-3-7-18/h1-13,16-17,30H,14-15H2,(H,31,35). The molecule has 0 fully saturated rings. The molecule has 0 aliphatic heterocycles. The van der Waals surface area contributed by atoms with Gasteiger partial charge in [0.2, 0.25) is 0 Å². The highest BCUT2D eigenvalue weighted by Gasteiger charge is 2.13. The Morgan fingerprint density at radius 1 is 0.914 bits per heavy atom. The third-order valence-electron chi connectivity index (χ3n) is 5.55. The van der Waals surface area contributed by atoms with Crippen molar-refractivity contribution in [3.63, 3.8) is 0 Å². The minimum Gasteiger partial charge on any atom is -0.368 e. The molecule has 174 valence electrons. The van der Waals surface area contributed by atoms with Gasteiger partial charge in [-0.2, -0.15) is 9.61 Å². The Morgan fingerprint density at radius 3 is 2.40 bits per heavy atom. The number of halogens is 2. The average molecular weight is 547 g/mol. The lowest BCUT2D eigenvalue weighted by Gasteiger charge is -2.12. The molecule has 0 unspecified atom stereocenters. The van der Waals surface area contributed by atoms with Gasteiger partial charge in [0.1, 0.15) is 5.82 Å². The van der Waals surface area contributed by atoms with Crippen LogP contribution in [0, 0.1) is 0 Å². The van der Waals surface area contributed by atoms with E-state index in [1.165, 1.54) is 0 Å². The van der Waals surface area contributed by atoms with Crippen LogP contribution in [0.2, 0.25) is 5.02 Å². The van der Waals surface area contributed by atoms with E-state index in [1.807, 2.05) is 84.9 Å². The first-order valence-corrected chi connectivity index (χ1v) is 12.2. The van der Waals surface area contributed by atoms with E-state index in [4.69, 9.17) is 16.6 Å². The van der Waals surface area contributed by atoms with Crippen molar-refractivity contribution < 1.29 is 4.79 Å². The lowest BCUT2D eigenvalue weighted by molar-refractivity contribution is 0.0955. The summed E-state index contributed by atoms with van der Waals surface area (Å²) < 4.78 is 2.50. The van der Waals surface area contributed by atoms with Gasteiger partial charge in [-0.25, -0.2) is 4.98 Å². The molecule has 2 N–H and O–H groups in total. The van der Waals surface area contributed by atoms with Gasteiger partial charge in [0, 0.05) is 35.3 Å². The third kappa shape index (κ3) is 5.06. The number of carbonyl (C=O) groups excluding carboxylic acids is 1. The summed E-state index contributed by atoms with van der Waals surface area (Å²) in [6, 6.07) is 27.2. The summed E-state index contributed by atoms with van der Waals surface area (Å²) in [6.07, 6.45) is 1.70. The van der Waals surface area contributed by atoms with E-state index in [9.17, 15) is 4.79 Å². The topological polar surface area (TPSA) is 71.3 Å². The maximum Gasteiger partial charge on any atom is 0.251 e. The highest BCUT2D eigenvalue weighted by atomic mass is 79.9. The number of anilines is 1. The van der Waals surface area contributed by atoms with Gasteiger partial charge in [-0.15, -0.1) is 0 Å². The molecule has 0 bridgehead atoms. The Bertz CT molecular complexity index is 1490. The largest absolute Gasteiger partial charge is 0.368 e. The molecule has 3 aromatic carbocycles.